The number of fused-ring (bicyclic) bond motifs is 1. The number of nitrogens with one attached hydrogen (secondary N) is 2. The van der Waals surface area contributed by atoms with E-state index in [0.29, 0.717) is 17.2 Å². The summed E-state index contributed by atoms with van der Waals surface area (Å²) in [7, 11) is -3.90. The summed E-state index contributed by atoms with van der Waals surface area (Å²) in [5.41, 5.74) is 3.54. The highest BCUT2D eigenvalue weighted by atomic mass is 32.2. The molecule has 37 heavy (non-hydrogen) atoms. The summed E-state index contributed by atoms with van der Waals surface area (Å²) in [6.07, 6.45) is 1.49. The predicted octanol–water partition coefficient (Wildman–Crippen LogP) is 3.18. The Morgan fingerprint density at radius 2 is 1.70 bits per heavy atom. The number of sulfonamides is 1. The number of benzene rings is 3. The fraction of sp³-hybridized carbons (Fsp3) is 0.296. The molecule has 198 valence electrons. The van der Waals surface area contributed by atoms with E-state index in [9.17, 15) is 23.4 Å². The molecule has 1 saturated carbocycles. The highest BCUT2D eigenvalue weighted by Crippen LogP contribution is 2.51. The number of carbonyl (C=O) groups excluding carboxylic acids is 1. The summed E-state index contributed by atoms with van der Waals surface area (Å²) in [4.78, 5) is 13.3. The number of aliphatic hydroxyl groups is 2. The van der Waals surface area contributed by atoms with E-state index in [4.69, 9.17) is 9.47 Å². The van der Waals surface area contributed by atoms with Crippen molar-refractivity contribution in [2.45, 2.75) is 36.1 Å². The minimum atomic E-state index is -3.90. The van der Waals surface area contributed by atoms with E-state index in [1.165, 1.54) is 12.1 Å². The second kappa shape index (κ2) is 9.79. The maximum atomic E-state index is 13.3. The van der Waals surface area contributed by atoms with Crippen LogP contribution in [0.4, 0.5) is 5.69 Å². The van der Waals surface area contributed by atoms with Crippen LogP contribution in [-0.2, 0) is 20.2 Å². The van der Waals surface area contributed by atoms with E-state index in [1.54, 1.807) is 12.1 Å². The van der Waals surface area contributed by atoms with E-state index in [0.717, 1.165) is 35.1 Å². The lowest BCUT2D eigenvalue weighted by Crippen LogP contribution is -2.39. The number of aryl methyl sites for hydroxylation is 1. The molecule has 1 aliphatic heterocycles. The highest BCUT2D eigenvalue weighted by Gasteiger charge is 2.51. The molecule has 1 fully saturated rings. The van der Waals surface area contributed by atoms with Crippen LogP contribution in [0.25, 0.3) is 11.1 Å². The second-order valence-corrected chi connectivity index (χ2v) is 11.1. The summed E-state index contributed by atoms with van der Waals surface area (Å²) >= 11 is 0. The van der Waals surface area contributed by atoms with Crippen molar-refractivity contribution in [2.24, 2.45) is 0 Å². The van der Waals surface area contributed by atoms with Crippen LogP contribution in [0.2, 0.25) is 0 Å². The fourth-order valence-corrected chi connectivity index (χ4v) is 5.68. The van der Waals surface area contributed by atoms with Crippen molar-refractivity contribution < 1.29 is 35.8 Å². The minimum absolute atomic E-state index is 0. The van der Waals surface area contributed by atoms with Crippen LogP contribution in [0.15, 0.2) is 65.6 Å². The molecule has 0 saturated heterocycles. The summed E-state index contributed by atoms with van der Waals surface area (Å²) in [5.74, 6) is 1.24. The Balaban J connectivity index is 0.00000210. The van der Waals surface area contributed by atoms with Crippen LogP contribution < -0.4 is 19.5 Å². The molecule has 0 spiro atoms. The number of hydrogen-bond donors (Lipinski definition) is 4. The third-order valence-corrected chi connectivity index (χ3v) is 8.38. The zero-order valence-electron chi connectivity index (χ0n) is 20.2. The van der Waals surface area contributed by atoms with Gasteiger partial charge in [0.25, 0.3) is 0 Å². The van der Waals surface area contributed by atoms with Crippen molar-refractivity contribution in [3.8, 4) is 22.6 Å². The number of amides is 1. The van der Waals surface area contributed by atoms with Crippen LogP contribution in [0.5, 0.6) is 11.5 Å². The first-order chi connectivity index (χ1) is 17.8. The number of rotatable bonds is 9. The van der Waals surface area contributed by atoms with Gasteiger partial charge in [-0.25, -0.2) is 13.1 Å². The average Bonchev–Trinajstić information content (AvgIpc) is 3.59. The van der Waals surface area contributed by atoms with Crippen molar-refractivity contribution in [2.75, 3.05) is 25.3 Å². The molecule has 1 heterocycles. The standard InChI is InChI=1S/C27H28N2O7S.2H2/c1-17-2-6-20(28-26(32)27(10-11-27)19-5-9-24-25(12-19)36-16-35-24)13-23(17)18-3-7-22(8-4-18)37(33,34)29-21(14-30)15-31;;/h2-9,12-13,21,29-31H,10-11,14-16H2,1H3,(H,28,32);2*1H. The fourth-order valence-electron chi connectivity index (χ4n) is 4.46. The largest absolute Gasteiger partial charge is 0.454 e. The molecule has 9 nitrogen and oxygen atoms in total. The SMILES string of the molecule is Cc1ccc(NC(=O)C2(c3ccc4c(c3)OCO4)CC2)cc1-c1ccc(S(=O)(=O)NC(CO)CO)cc1.[HH].[HH]. The van der Waals surface area contributed by atoms with Gasteiger partial charge in [0.15, 0.2) is 11.5 Å². The lowest BCUT2D eigenvalue weighted by Gasteiger charge is -2.17. The van der Waals surface area contributed by atoms with Gasteiger partial charge >= 0.3 is 0 Å². The van der Waals surface area contributed by atoms with Gasteiger partial charge in [-0.1, -0.05) is 24.3 Å². The monoisotopic (exact) mass is 528 g/mol. The van der Waals surface area contributed by atoms with Crippen molar-refractivity contribution >= 4 is 21.6 Å². The van der Waals surface area contributed by atoms with Crippen LogP contribution in [0.3, 0.4) is 0 Å². The Hall–Kier alpha value is -3.44. The zero-order chi connectivity index (χ0) is 26.2. The van der Waals surface area contributed by atoms with E-state index >= 15 is 0 Å². The van der Waals surface area contributed by atoms with Gasteiger partial charge in [-0.15, -0.1) is 0 Å². The second-order valence-electron chi connectivity index (χ2n) is 9.34. The number of carbonyl (C=O) groups is 1. The topological polar surface area (TPSA) is 134 Å². The Morgan fingerprint density at radius 3 is 2.38 bits per heavy atom. The Bertz CT molecular complexity index is 1440. The van der Waals surface area contributed by atoms with E-state index in [2.05, 4.69) is 10.0 Å². The molecule has 0 unspecified atom stereocenters. The Labute approximate surface area is 218 Å². The first kappa shape index (κ1) is 25.2. The molecule has 1 aliphatic carbocycles. The average molecular weight is 529 g/mol. The molecule has 3 aromatic rings. The Kier molecular flexibility index (Phi) is 6.67. The third kappa shape index (κ3) is 4.93. The van der Waals surface area contributed by atoms with Crippen molar-refractivity contribution in [3.05, 3.63) is 71.8 Å². The van der Waals surface area contributed by atoms with Crippen molar-refractivity contribution in [3.63, 3.8) is 0 Å². The summed E-state index contributed by atoms with van der Waals surface area (Å²) in [6, 6.07) is 16.6. The maximum absolute atomic E-state index is 13.3. The van der Waals surface area contributed by atoms with Gasteiger partial charge in [-0.3, -0.25) is 4.79 Å². The molecular formula is C27H32N2O7S. The van der Waals surface area contributed by atoms with E-state index < -0.39 is 34.7 Å². The van der Waals surface area contributed by atoms with Gasteiger partial charge in [0.05, 0.1) is 29.6 Å². The van der Waals surface area contributed by atoms with Crippen molar-refractivity contribution in [1.82, 2.24) is 4.72 Å². The van der Waals surface area contributed by atoms with Gasteiger partial charge < -0.3 is 25.0 Å². The molecule has 0 atom stereocenters. The van der Waals surface area contributed by atoms with Crippen LogP contribution in [0, 0.1) is 6.92 Å². The molecule has 0 aromatic heterocycles. The third-order valence-electron chi connectivity index (χ3n) is 6.84. The van der Waals surface area contributed by atoms with E-state index in [1.807, 2.05) is 43.3 Å². The lowest BCUT2D eigenvalue weighted by molar-refractivity contribution is -0.118. The maximum Gasteiger partial charge on any atom is 0.240 e. The van der Waals surface area contributed by atoms with Gasteiger partial charge in [-0.2, -0.15) is 0 Å². The highest BCUT2D eigenvalue weighted by molar-refractivity contribution is 7.89. The van der Waals surface area contributed by atoms with Crippen molar-refractivity contribution in [1.29, 1.82) is 0 Å². The summed E-state index contributed by atoms with van der Waals surface area (Å²) in [6.45, 7) is 1.09. The smallest absolute Gasteiger partial charge is 0.240 e. The normalized spacial score (nSPS) is 15.6. The number of aliphatic hydroxyl groups excluding tert-OH is 2. The molecule has 4 N–H and O–H groups in total. The van der Waals surface area contributed by atoms with Gasteiger partial charge in [-0.05, 0) is 78.4 Å². The molecule has 2 aliphatic rings. The van der Waals surface area contributed by atoms with Gasteiger partial charge in [0.2, 0.25) is 22.7 Å². The van der Waals surface area contributed by atoms with Gasteiger partial charge in [0.1, 0.15) is 0 Å². The van der Waals surface area contributed by atoms with Gasteiger partial charge in [0, 0.05) is 8.54 Å². The molecule has 5 rings (SSSR count). The van der Waals surface area contributed by atoms with Crippen LogP contribution >= 0.6 is 0 Å². The van der Waals surface area contributed by atoms with Crippen LogP contribution in [-0.4, -0.2) is 50.6 Å². The number of ether oxygens (including phenoxy) is 2. The zero-order valence-corrected chi connectivity index (χ0v) is 21.0. The molecular weight excluding hydrogens is 496 g/mol. The summed E-state index contributed by atoms with van der Waals surface area (Å²) < 4.78 is 38.2. The number of hydrogen-bond acceptors (Lipinski definition) is 7. The quantitative estimate of drug-likeness (QED) is 0.335. The Morgan fingerprint density at radius 1 is 1.00 bits per heavy atom. The van der Waals surface area contributed by atoms with E-state index in [-0.39, 0.29) is 20.4 Å². The number of anilines is 1. The molecule has 0 bridgehead atoms. The first-order valence-electron chi connectivity index (χ1n) is 11.9. The minimum Gasteiger partial charge on any atom is -0.454 e. The molecule has 10 heteroatoms. The van der Waals surface area contributed by atoms with Crippen LogP contribution in [0.1, 0.15) is 26.8 Å². The molecule has 3 aromatic carbocycles. The predicted molar refractivity (Wildman–Crippen MR) is 141 cm³/mol. The summed E-state index contributed by atoms with van der Waals surface area (Å²) in [5, 5.41) is 21.4. The lowest BCUT2D eigenvalue weighted by atomic mass is 9.94. The first-order valence-corrected chi connectivity index (χ1v) is 13.4. The molecule has 1 amide bonds. The molecule has 0 radical (unpaired) electrons.